The van der Waals surface area contributed by atoms with Crippen molar-refractivity contribution in [1.29, 1.82) is 0 Å². The van der Waals surface area contributed by atoms with Crippen LogP contribution < -0.4 is 11.3 Å². The first-order valence-electron chi connectivity index (χ1n) is 5.60. The maximum Gasteiger partial charge on any atom is 0.265 e. The zero-order chi connectivity index (χ0) is 14.2. The fraction of sp³-hybridized carbons (Fsp3) is 0.455. The van der Waals surface area contributed by atoms with Crippen molar-refractivity contribution in [1.82, 2.24) is 4.57 Å². The van der Waals surface area contributed by atoms with Crippen molar-refractivity contribution < 1.29 is 24.9 Å². The molecule has 19 heavy (non-hydrogen) atoms. The molecule has 1 saturated heterocycles. The second kappa shape index (κ2) is 5.10. The van der Waals surface area contributed by atoms with E-state index in [1.54, 1.807) is 0 Å². The molecule has 2 unspecified atom stereocenters. The van der Waals surface area contributed by atoms with Gasteiger partial charge in [-0.05, 0) is 12.1 Å². The highest BCUT2D eigenvalue weighted by Gasteiger charge is 2.43. The fourth-order valence-corrected chi connectivity index (χ4v) is 2.01. The lowest BCUT2D eigenvalue weighted by Crippen LogP contribution is -2.37. The number of aliphatic hydroxyl groups is 3. The molecule has 0 spiro atoms. The van der Waals surface area contributed by atoms with Crippen LogP contribution in [0.3, 0.4) is 0 Å². The molecule has 5 N–H and O–H groups in total. The normalized spacial score (nSPS) is 30.5. The van der Waals surface area contributed by atoms with Gasteiger partial charge in [0, 0.05) is 6.20 Å². The van der Waals surface area contributed by atoms with Crippen LogP contribution in [-0.2, 0) is 4.74 Å². The summed E-state index contributed by atoms with van der Waals surface area (Å²) in [6, 6.07) is 2.65. The molecule has 2 heterocycles. The highest BCUT2D eigenvalue weighted by atomic mass is 16.6. The smallest absolute Gasteiger partial charge is 0.265 e. The minimum Gasteiger partial charge on any atom is -0.394 e. The third kappa shape index (κ3) is 2.26. The molecule has 2 rings (SSSR count). The Bertz CT molecular complexity index is 542. The molecule has 4 atom stereocenters. The number of nitrogens with zero attached hydrogens (tertiary/aromatic N) is 1. The highest BCUT2D eigenvalue weighted by Crippen LogP contribution is 2.28. The number of pyridine rings is 1. The molecule has 1 aromatic heterocycles. The highest BCUT2D eigenvalue weighted by molar-refractivity contribution is 5.92. The lowest BCUT2D eigenvalue weighted by Gasteiger charge is -2.17. The van der Waals surface area contributed by atoms with Crippen LogP contribution in [0.1, 0.15) is 16.6 Å². The third-order valence-corrected chi connectivity index (χ3v) is 3.03. The molecule has 1 amide bonds. The second-order valence-electron chi connectivity index (χ2n) is 4.23. The number of amides is 1. The van der Waals surface area contributed by atoms with Crippen LogP contribution in [0.15, 0.2) is 23.1 Å². The average Bonchev–Trinajstić information content (AvgIpc) is 2.66. The van der Waals surface area contributed by atoms with Crippen LogP contribution in [0.25, 0.3) is 0 Å². The van der Waals surface area contributed by atoms with Gasteiger partial charge in [0.05, 0.1) is 6.61 Å². The molecule has 1 aliphatic heterocycles. The molecule has 8 nitrogen and oxygen atoms in total. The van der Waals surface area contributed by atoms with Crippen LogP contribution in [0.5, 0.6) is 0 Å². The predicted molar refractivity (Wildman–Crippen MR) is 62.2 cm³/mol. The van der Waals surface area contributed by atoms with Crippen molar-refractivity contribution in [2.24, 2.45) is 5.73 Å². The van der Waals surface area contributed by atoms with Crippen molar-refractivity contribution in [3.05, 3.63) is 34.2 Å². The molecule has 0 radical (unpaired) electrons. The van der Waals surface area contributed by atoms with E-state index in [0.717, 1.165) is 4.57 Å². The molecule has 1 aromatic rings. The van der Waals surface area contributed by atoms with E-state index < -0.39 is 42.6 Å². The van der Waals surface area contributed by atoms with Crippen molar-refractivity contribution >= 4 is 5.91 Å². The number of hydrogen-bond donors (Lipinski definition) is 4. The number of carbonyl (C=O) groups excluding carboxylic acids is 1. The Morgan fingerprint density at radius 2 is 2.11 bits per heavy atom. The number of nitrogens with two attached hydrogens (primary N) is 1. The minimum atomic E-state index is -1.39. The monoisotopic (exact) mass is 270 g/mol. The summed E-state index contributed by atoms with van der Waals surface area (Å²) in [4.78, 5) is 23.0. The van der Waals surface area contributed by atoms with Crippen LogP contribution in [-0.4, -0.2) is 50.7 Å². The molecule has 1 aliphatic rings. The van der Waals surface area contributed by atoms with Gasteiger partial charge in [0.2, 0.25) is 0 Å². The average molecular weight is 270 g/mol. The van der Waals surface area contributed by atoms with Crippen LogP contribution in [0, 0.1) is 0 Å². The number of aliphatic hydroxyl groups excluding tert-OH is 3. The van der Waals surface area contributed by atoms with Crippen molar-refractivity contribution in [3.63, 3.8) is 0 Å². The molecule has 104 valence electrons. The van der Waals surface area contributed by atoms with Gasteiger partial charge in [0.15, 0.2) is 6.23 Å². The Kier molecular flexibility index (Phi) is 3.67. The van der Waals surface area contributed by atoms with Gasteiger partial charge in [-0.25, -0.2) is 0 Å². The van der Waals surface area contributed by atoms with E-state index in [2.05, 4.69) is 0 Å². The third-order valence-electron chi connectivity index (χ3n) is 3.03. The summed E-state index contributed by atoms with van der Waals surface area (Å²) in [5.41, 5.74) is 4.07. The van der Waals surface area contributed by atoms with E-state index in [4.69, 9.17) is 15.6 Å². The van der Waals surface area contributed by atoms with Gasteiger partial charge in [-0.1, -0.05) is 0 Å². The Balaban J connectivity index is 2.41. The molecule has 0 aliphatic carbocycles. The van der Waals surface area contributed by atoms with Gasteiger partial charge < -0.3 is 25.8 Å². The maximum atomic E-state index is 12.0. The zero-order valence-electron chi connectivity index (χ0n) is 9.84. The lowest BCUT2D eigenvalue weighted by atomic mass is 10.1. The van der Waals surface area contributed by atoms with E-state index in [9.17, 15) is 19.8 Å². The molecule has 0 saturated carbocycles. The standard InChI is InChI=1S/C11H14N2O6/c12-9(17)5-2-1-3-13(10(5)18)11-8(16)7(15)6(4-14)19-11/h1-3,6-8,11,14-16H,4H2,(H2,12,17)/t6-,7?,8?,11-/m1/s1. The Morgan fingerprint density at radius 1 is 1.42 bits per heavy atom. The first-order chi connectivity index (χ1) is 8.97. The summed E-state index contributed by atoms with van der Waals surface area (Å²) in [5.74, 6) is -0.897. The van der Waals surface area contributed by atoms with Gasteiger partial charge in [-0.3, -0.25) is 14.2 Å². The van der Waals surface area contributed by atoms with Crippen molar-refractivity contribution in [3.8, 4) is 0 Å². The quantitative estimate of drug-likeness (QED) is 0.482. The number of ether oxygens (including phenoxy) is 1. The van der Waals surface area contributed by atoms with E-state index in [-0.39, 0.29) is 5.56 Å². The first kappa shape index (κ1) is 13.7. The SMILES string of the molecule is NC(=O)c1cccn([C@@H]2O[C@H](CO)C(O)C2O)c1=O. The van der Waals surface area contributed by atoms with Crippen molar-refractivity contribution in [2.75, 3.05) is 6.61 Å². The number of carbonyl (C=O) groups is 1. The van der Waals surface area contributed by atoms with Gasteiger partial charge in [0.1, 0.15) is 23.9 Å². The summed E-state index contributed by atoms with van der Waals surface area (Å²) in [6.07, 6.45) is -3.59. The minimum absolute atomic E-state index is 0.250. The van der Waals surface area contributed by atoms with Gasteiger partial charge in [0.25, 0.3) is 11.5 Å². The molecular formula is C11H14N2O6. The molecule has 0 bridgehead atoms. The van der Waals surface area contributed by atoms with E-state index in [1.165, 1.54) is 18.3 Å². The zero-order valence-corrected chi connectivity index (χ0v) is 9.84. The number of hydrogen-bond acceptors (Lipinski definition) is 6. The Labute approximate surface area is 107 Å². The second-order valence-corrected chi connectivity index (χ2v) is 4.23. The van der Waals surface area contributed by atoms with Gasteiger partial charge >= 0.3 is 0 Å². The number of primary amides is 1. The Morgan fingerprint density at radius 3 is 2.63 bits per heavy atom. The molecule has 1 fully saturated rings. The first-order valence-corrected chi connectivity index (χ1v) is 5.60. The predicted octanol–water partition coefficient (Wildman–Crippen LogP) is -2.44. The molecule has 0 aromatic carbocycles. The topological polar surface area (TPSA) is 135 Å². The summed E-state index contributed by atoms with van der Waals surface area (Å²) >= 11 is 0. The fourth-order valence-electron chi connectivity index (χ4n) is 2.01. The van der Waals surface area contributed by atoms with Gasteiger partial charge in [-0.15, -0.1) is 0 Å². The summed E-state index contributed by atoms with van der Waals surface area (Å²) in [5, 5.41) is 28.4. The van der Waals surface area contributed by atoms with Gasteiger partial charge in [-0.2, -0.15) is 0 Å². The molecular weight excluding hydrogens is 256 g/mol. The summed E-state index contributed by atoms with van der Waals surface area (Å²) in [6.45, 7) is -0.501. The summed E-state index contributed by atoms with van der Waals surface area (Å²) in [7, 11) is 0. The van der Waals surface area contributed by atoms with Crippen molar-refractivity contribution in [2.45, 2.75) is 24.5 Å². The summed E-state index contributed by atoms with van der Waals surface area (Å²) < 4.78 is 6.16. The number of rotatable bonds is 3. The van der Waals surface area contributed by atoms with Crippen LogP contribution in [0.4, 0.5) is 0 Å². The van der Waals surface area contributed by atoms with Crippen LogP contribution in [0.2, 0.25) is 0 Å². The van der Waals surface area contributed by atoms with E-state index >= 15 is 0 Å². The van der Waals surface area contributed by atoms with Crippen LogP contribution >= 0.6 is 0 Å². The molecule has 8 heteroatoms. The van der Waals surface area contributed by atoms with E-state index in [0.29, 0.717) is 0 Å². The largest absolute Gasteiger partial charge is 0.394 e. The van der Waals surface area contributed by atoms with E-state index in [1.807, 2.05) is 0 Å². The number of aromatic nitrogens is 1. The maximum absolute atomic E-state index is 12.0. The Hall–Kier alpha value is -1.74. The lowest BCUT2D eigenvalue weighted by molar-refractivity contribution is -0.0544.